The molecule has 5 heteroatoms. The molecule has 3 nitrogen and oxygen atoms in total. The van der Waals surface area contributed by atoms with Crippen LogP contribution in [0.1, 0.15) is 44.1 Å². The average Bonchev–Trinajstić information content (AvgIpc) is 2.54. The van der Waals surface area contributed by atoms with E-state index in [-0.39, 0.29) is 30.4 Å². The largest absolute Gasteiger partial charge is 0.352 e. The van der Waals surface area contributed by atoms with Gasteiger partial charge in [0.15, 0.2) is 0 Å². The van der Waals surface area contributed by atoms with E-state index in [2.05, 4.69) is 5.32 Å². The Kier molecular flexibility index (Phi) is 6.31. The number of carbonyl (C=O) groups excluding carboxylic acids is 1. The summed E-state index contributed by atoms with van der Waals surface area (Å²) in [5.41, 5.74) is 6.01. The lowest BCUT2D eigenvalue weighted by Crippen LogP contribution is -2.46. The highest BCUT2D eigenvalue weighted by atomic mass is 19.1. The maximum atomic E-state index is 13.5. The number of carbonyl (C=O) groups is 1. The summed E-state index contributed by atoms with van der Waals surface area (Å²) in [4.78, 5) is 12.0. The van der Waals surface area contributed by atoms with E-state index in [0.29, 0.717) is 12.5 Å². The molecule has 0 aromatic heterocycles. The van der Waals surface area contributed by atoms with Gasteiger partial charge in [0.2, 0.25) is 5.91 Å². The Bertz CT molecular complexity index is 501. The van der Waals surface area contributed by atoms with Gasteiger partial charge >= 0.3 is 0 Å². The molecule has 1 aromatic rings. The second-order valence-corrected chi connectivity index (χ2v) is 6.04. The number of benzene rings is 1. The van der Waals surface area contributed by atoms with Crippen molar-refractivity contribution in [3.63, 3.8) is 0 Å². The van der Waals surface area contributed by atoms with Gasteiger partial charge in [-0.1, -0.05) is 19.3 Å². The van der Waals surface area contributed by atoms with Crippen LogP contribution in [0.5, 0.6) is 0 Å². The van der Waals surface area contributed by atoms with Crippen molar-refractivity contribution < 1.29 is 13.6 Å². The number of nitrogens with one attached hydrogen (secondary N) is 1. The molecule has 0 spiro atoms. The van der Waals surface area contributed by atoms with Gasteiger partial charge in [0, 0.05) is 19.0 Å². The van der Waals surface area contributed by atoms with Crippen molar-refractivity contribution in [1.82, 2.24) is 5.32 Å². The van der Waals surface area contributed by atoms with Crippen LogP contribution in [0.2, 0.25) is 0 Å². The minimum absolute atomic E-state index is 0.00911. The molecule has 1 aromatic carbocycles. The van der Waals surface area contributed by atoms with E-state index in [1.165, 1.54) is 19.3 Å². The molecule has 3 N–H and O–H groups in total. The fraction of sp³-hybridized carbons (Fsp3) is 0.588. The maximum Gasteiger partial charge on any atom is 0.220 e. The van der Waals surface area contributed by atoms with Gasteiger partial charge in [-0.3, -0.25) is 4.79 Å². The number of hydrogen-bond donors (Lipinski definition) is 2. The van der Waals surface area contributed by atoms with Gasteiger partial charge in [-0.2, -0.15) is 0 Å². The topological polar surface area (TPSA) is 55.1 Å². The number of rotatable bonds is 6. The molecule has 0 aliphatic heterocycles. The summed E-state index contributed by atoms with van der Waals surface area (Å²) in [7, 11) is 0. The molecule has 1 atom stereocenters. The van der Waals surface area contributed by atoms with Crippen LogP contribution in [0, 0.1) is 17.6 Å². The zero-order valence-corrected chi connectivity index (χ0v) is 12.8. The summed E-state index contributed by atoms with van der Waals surface area (Å²) in [6.45, 7) is 0.421. The molecule has 1 unspecified atom stereocenters. The summed E-state index contributed by atoms with van der Waals surface area (Å²) in [5, 5.41) is 2.96. The zero-order valence-electron chi connectivity index (χ0n) is 12.8. The lowest BCUT2D eigenvalue weighted by Gasteiger charge is -2.30. The standard InChI is InChI=1S/C17H24F2N2O/c18-14-7-8-15(19)13(10-14)6-9-17(22)21-16(11-20)12-4-2-1-3-5-12/h7-8,10,12,16H,1-6,9,11,20H2,(H,21,22). The number of halogens is 2. The summed E-state index contributed by atoms with van der Waals surface area (Å²) in [5.74, 6) is -0.672. The monoisotopic (exact) mass is 310 g/mol. The third-order valence-electron chi connectivity index (χ3n) is 4.45. The van der Waals surface area contributed by atoms with Crippen molar-refractivity contribution in [2.75, 3.05) is 6.54 Å². The van der Waals surface area contributed by atoms with Gasteiger partial charge in [0.25, 0.3) is 0 Å². The van der Waals surface area contributed by atoms with Crippen molar-refractivity contribution in [2.45, 2.75) is 51.0 Å². The lowest BCUT2D eigenvalue weighted by atomic mass is 9.84. The van der Waals surface area contributed by atoms with E-state index in [1.807, 2.05) is 0 Å². The summed E-state index contributed by atoms with van der Waals surface area (Å²) in [6.07, 6.45) is 6.15. The number of nitrogens with two attached hydrogens (primary N) is 1. The van der Waals surface area contributed by atoms with E-state index in [9.17, 15) is 13.6 Å². The van der Waals surface area contributed by atoms with Crippen LogP contribution < -0.4 is 11.1 Å². The number of aryl methyl sites for hydroxylation is 1. The SMILES string of the molecule is NCC(NC(=O)CCc1cc(F)ccc1F)C1CCCCC1. The van der Waals surface area contributed by atoms with E-state index < -0.39 is 11.6 Å². The third-order valence-corrected chi connectivity index (χ3v) is 4.45. The molecule has 1 amide bonds. The Labute approximate surface area is 130 Å². The van der Waals surface area contributed by atoms with Gasteiger partial charge in [-0.15, -0.1) is 0 Å². The van der Waals surface area contributed by atoms with Gasteiger partial charge in [0.05, 0.1) is 0 Å². The van der Waals surface area contributed by atoms with Gasteiger partial charge in [-0.25, -0.2) is 8.78 Å². The predicted molar refractivity (Wildman–Crippen MR) is 82.2 cm³/mol. The number of amides is 1. The highest BCUT2D eigenvalue weighted by Gasteiger charge is 2.23. The second-order valence-electron chi connectivity index (χ2n) is 6.04. The van der Waals surface area contributed by atoms with Crippen molar-refractivity contribution in [1.29, 1.82) is 0 Å². The first-order valence-corrected chi connectivity index (χ1v) is 8.03. The van der Waals surface area contributed by atoms with Crippen LogP contribution >= 0.6 is 0 Å². The minimum Gasteiger partial charge on any atom is -0.352 e. The molecule has 1 fully saturated rings. The Morgan fingerprint density at radius 1 is 1.27 bits per heavy atom. The first-order chi connectivity index (χ1) is 10.6. The highest BCUT2D eigenvalue weighted by Crippen LogP contribution is 2.26. The van der Waals surface area contributed by atoms with E-state index in [1.54, 1.807) is 0 Å². The van der Waals surface area contributed by atoms with Crippen molar-refractivity contribution in [3.8, 4) is 0 Å². The Balaban J connectivity index is 1.84. The smallest absolute Gasteiger partial charge is 0.220 e. The Hall–Kier alpha value is -1.49. The summed E-state index contributed by atoms with van der Waals surface area (Å²) < 4.78 is 26.6. The summed E-state index contributed by atoms with van der Waals surface area (Å²) >= 11 is 0. The third kappa shape index (κ3) is 4.77. The zero-order chi connectivity index (χ0) is 15.9. The lowest BCUT2D eigenvalue weighted by molar-refractivity contribution is -0.122. The Morgan fingerprint density at radius 3 is 2.68 bits per heavy atom. The molecule has 0 saturated heterocycles. The van der Waals surface area contributed by atoms with Crippen molar-refractivity contribution in [2.24, 2.45) is 11.7 Å². The van der Waals surface area contributed by atoms with E-state index in [4.69, 9.17) is 5.73 Å². The molecule has 0 bridgehead atoms. The molecule has 122 valence electrons. The number of hydrogen-bond acceptors (Lipinski definition) is 2. The van der Waals surface area contributed by atoms with Gasteiger partial charge in [0.1, 0.15) is 11.6 Å². The fourth-order valence-electron chi connectivity index (χ4n) is 3.17. The van der Waals surface area contributed by atoms with Gasteiger partial charge in [-0.05, 0) is 48.9 Å². The Morgan fingerprint density at radius 2 is 2.00 bits per heavy atom. The van der Waals surface area contributed by atoms with Crippen LogP contribution in [0.25, 0.3) is 0 Å². The van der Waals surface area contributed by atoms with Crippen LogP contribution in [0.4, 0.5) is 8.78 Å². The predicted octanol–water partition coefficient (Wildman–Crippen LogP) is 2.92. The second kappa shape index (κ2) is 8.22. The van der Waals surface area contributed by atoms with Crippen LogP contribution in [-0.2, 0) is 11.2 Å². The molecule has 1 aliphatic rings. The molecule has 2 rings (SSSR count). The highest BCUT2D eigenvalue weighted by molar-refractivity contribution is 5.76. The quantitative estimate of drug-likeness (QED) is 0.849. The van der Waals surface area contributed by atoms with Crippen LogP contribution in [0.15, 0.2) is 18.2 Å². The van der Waals surface area contributed by atoms with E-state index >= 15 is 0 Å². The average molecular weight is 310 g/mol. The summed E-state index contributed by atoms with van der Waals surface area (Å²) in [6, 6.07) is 3.30. The molecule has 1 saturated carbocycles. The first-order valence-electron chi connectivity index (χ1n) is 8.03. The molecular formula is C17H24F2N2O. The minimum atomic E-state index is -0.487. The fourth-order valence-corrected chi connectivity index (χ4v) is 3.17. The van der Waals surface area contributed by atoms with Crippen LogP contribution in [-0.4, -0.2) is 18.5 Å². The van der Waals surface area contributed by atoms with Crippen LogP contribution in [0.3, 0.4) is 0 Å². The molecule has 0 radical (unpaired) electrons. The maximum absolute atomic E-state index is 13.5. The molecule has 22 heavy (non-hydrogen) atoms. The molecular weight excluding hydrogens is 286 g/mol. The first kappa shape index (κ1) is 16.9. The van der Waals surface area contributed by atoms with Crippen molar-refractivity contribution >= 4 is 5.91 Å². The van der Waals surface area contributed by atoms with E-state index in [0.717, 1.165) is 31.0 Å². The van der Waals surface area contributed by atoms with Gasteiger partial charge < -0.3 is 11.1 Å². The van der Waals surface area contributed by atoms with Crippen molar-refractivity contribution in [3.05, 3.63) is 35.4 Å². The molecule has 0 heterocycles. The molecule has 1 aliphatic carbocycles. The normalized spacial score (nSPS) is 17.2.